The van der Waals surface area contributed by atoms with Crippen molar-refractivity contribution >= 4 is 23.1 Å². The van der Waals surface area contributed by atoms with E-state index in [0.717, 1.165) is 6.42 Å². The molecule has 20 heavy (non-hydrogen) atoms. The molecule has 1 heterocycles. The molecule has 0 amide bonds. The van der Waals surface area contributed by atoms with Gasteiger partial charge in [0.05, 0.1) is 5.56 Å². The van der Waals surface area contributed by atoms with Crippen LogP contribution in [0.2, 0.25) is 0 Å². The Labute approximate surface area is 123 Å². The lowest BCUT2D eigenvalue weighted by molar-refractivity contribution is 0.917. The highest BCUT2D eigenvalue weighted by Crippen LogP contribution is 2.16. The van der Waals surface area contributed by atoms with E-state index in [1.54, 1.807) is 23.2 Å². The normalized spacial score (nSPS) is 9.75. The zero-order chi connectivity index (χ0) is 14.4. The van der Waals surface area contributed by atoms with Gasteiger partial charge in [-0.2, -0.15) is 5.26 Å². The highest BCUT2D eigenvalue weighted by molar-refractivity contribution is 7.80. The standard InChI is InChI=1S/C15H14N4S/c16-11-13-7-4-9-18-14(13)19(15(17)20)10-8-12-5-2-1-3-6-12/h1-7,9H,8,10H2,(H2,17,20). The van der Waals surface area contributed by atoms with Gasteiger partial charge in [-0.3, -0.25) is 0 Å². The molecule has 0 spiro atoms. The zero-order valence-electron chi connectivity index (χ0n) is 10.9. The van der Waals surface area contributed by atoms with Crippen LogP contribution in [-0.4, -0.2) is 16.6 Å². The number of nitriles is 1. The third kappa shape index (κ3) is 3.31. The third-order valence-corrected chi connectivity index (χ3v) is 3.12. The number of aromatic nitrogens is 1. The van der Waals surface area contributed by atoms with Crippen LogP contribution in [0.1, 0.15) is 11.1 Å². The third-order valence-electron chi connectivity index (χ3n) is 2.90. The Balaban J connectivity index is 2.20. The van der Waals surface area contributed by atoms with E-state index in [2.05, 4.69) is 11.1 Å². The van der Waals surface area contributed by atoms with Crippen molar-refractivity contribution < 1.29 is 0 Å². The van der Waals surface area contributed by atoms with Gasteiger partial charge in [-0.05, 0) is 36.3 Å². The van der Waals surface area contributed by atoms with Gasteiger partial charge < -0.3 is 10.6 Å². The summed E-state index contributed by atoms with van der Waals surface area (Å²) in [6, 6.07) is 15.6. The molecule has 0 bridgehead atoms. The predicted molar refractivity (Wildman–Crippen MR) is 83.2 cm³/mol. The van der Waals surface area contributed by atoms with E-state index in [-0.39, 0.29) is 5.11 Å². The number of nitrogens with zero attached hydrogens (tertiary/aromatic N) is 3. The van der Waals surface area contributed by atoms with Crippen LogP contribution in [0.5, 0.6) is 0 Å². The Morgan fingerprint density at radius 3 is 2.65 bits per heavy atom. The maximum absolute atomic E-state index is 9.13. The molecule has 0 atom stereocenters. The fraction of sp³-hybridized carbons (Fsp3) is 0.133. The van der Waals surface area contributed by atoms with Gasteiger partial charge in [-0.1, -0.05) is 30.3 Å². The molecule has 2 aromatic rings. The quantitative estimate of drug-likeness (QED) is 0.871. The highest BCUT2D eigenvalue weighted by atomic mass is 32.1. The topological polar surface area (TPSA) is 65.9 Å². The van der Waals surface area contributed by atoms with E-state index in [9.17, 15) is 0 Å². The van der Waals surface area contributed by atoms with Crippen molar-refractivity contribution in [3.8, 4) is 6.07 Å². The maximum atomic E-state index is 9.13. The SMILES string of the molecule is N#Cc1cccnc1N(CCc1ccccc1)C(N)=S. The fourth-order valence-electron chi connectivity index (χ4n) is 1.91. The van der Waals surface area contributed by atoms with Gasteiger partial charge in [0.15, 0.2) is 10.9 Å². The van der Waals surface area contributed by atoms with Crippen LogP contribution in [0.25, 0.3) is 0 Å². The maximum Gasteiger partial charge on any atom is 0.172 e. The van der Waals surface area contributed by atoms with Crippen molar-refractivity contribution in [2.24, 2.45) is 5.73 Å². The number of thiocarbonyl (C=S) groups is 1. The first-order valence-electron chi connectivity index (χ1n) is 6.18. The largest absolute Gasteiger partial charge is 0.376 e. The number of pyridine rings is 1. The molecule has 0 aliphatic heterocycles. The van der Waals surface area contributed by atoms with E-state index < -0.39 is 0 Å². The van der Waals surface area contributed by atoms with Gasteiger partial charge in [0.25, 0.3) is 0 Å². The molecule has 0 saturated carbocycles. The molecule has 0 fully saturated rings. The smallest absolute Gasteiger partial charge is 0.172 e. The molecule has 0 saturated heterocycles. The van der Waals surface area contributed by atoms with E-state index in [4.69, 9.17) is 23.2 Å². The van der Waals surface area contributed by atoms with Crippen LogP contribution in [0, 0.1) is 11.3 Å². The van der Waals surface area contributed by atoms with E-state index >= 15 is 0 Å². The molecular weight excluding hydrogens is 268 g/mol. The Kier molecular flexibility index (Phi) is 4.64. The second-order valence-corrected chi connectivity index (χ2v) is 4.63. The van der Waals surface area contributed by atoms with E-state index in [0.29, 0.717) is 17.9 Å². The lowest BCUT2D eigenvalue weighted by Crippen LogP contribution is -2.38. The van der Waals surface area contributed by atoms with Gasteiger partial charge in [-0.15, -0.1) is 0 Å². The number of hydrogen-bond donors (Lipinski definition) is 1. The molecule has 100 valence electrons. The summed E-state index contributed by atoms with van der Waals surface area (Å²) in [5.41, 5.74) is 7.41. The van der Waals surface area contributed by atoms with Gasteiger partial charge in [0.2, 0.25) is 0 Å². The van der Waals surface area contributed by atoms with Crippen molar-refractivity contribution in [1.82, 2.24) is 4.98 Å². The Hall–Kier alpha value is -2.45. The van der Waals surface area contributed by atoms with Gasteiger partial charge in [0, 0.05) is 12.7 Å². The highest BCUT2D eigenvalue weighted by Gasteiger charge is 2.14. The first kappa shape index (κ1) is 14.0. The number of rotatable bonds is 4. The first-order chi connectivity index (χ1) is 9.72. The van der Waals surface area contributed by atoms with Crippen LogP contribution < -0.4 is 10.6 Å². The molecule has 0 unspecified atom stereocenters. The van der Waals surface area contributed by atoms with Crippen molar-refractivity contribution in [2.75, 3.05) is 11.4 Å². The number of benzene rings is 1. The molecule has 5 heteroatoms. The molecule has 2 N–H and O–H groups in total. The molecule has 0 radical (unpaired) electrons. The van der Waals surface area contributed by atoms with Crippen molar-refractivity contribution in [2.45, 2.75) is 6.42 Å². The molecular formula is C15H14N4S. The number of hydrogen-bond acceptors (Lipinski definition) is 3. The zero-order valence-corrected chi connectivity index (χ0v) is 11.7. The summed E-state index contributed by atoms with van der Waals surface area (Å²) in [6.07, 6.45) is 2.41. The summed E-state index contributed by atoms with van der Waals surface area (Å²) >= 11 is 5.08. The fourth-order valence-corrected chi connectivity index (χ4v) is 2.08. The van der Waals surface area contributed by atoms with Gasteiger partial charge in [0.1, 0.15) is 6.07 Å². The monoisotopic (exact) mass is 282 g/mol. The lowest BCUT2D eigenvalue weighted by atomic mass is 10.1. The number of anilines is 1. The van der Waals surface area contributed by atoms with E-state index in [1.807, 2.05) is 30.3 Å². The van der Waals surface area contributed by atoms with Crippen LogP contribution in [0.15, 0.2) is 48.7 Å². The lowest BCUT2D eigenvalue weighted by Gasteiger charge is -2.22. The van der Waals surface area contributed by atoms with Gasteiger partial charge in [-0.25, -0.2) is 4.98 Å². The Morgan fingerprint density at radius 1 is 1.25 bits per heavy atom. The van der Waals surface area contributed by atoms with Crippen LogP contribution in [0.4, 0.5) is 5.82 Å². The average molecular weight is 282 g/mol. The molecule has 0 aliphatic carbocycles. The minimum absolute atomic E-state index is 0.219. The summed E-state index contributed by atoms with van der Waals surface area (Å²) in [5, 5.41) is 9.35. The van der Waals surface area contributed by atoms with Crippen LogP contribution >= 0.6 is 12.2 Å². The Bertz CT molecular complexity index is 634. The molecule has 0 aliphatic rings. The molecule has 2 rings (SSSR count). The summed E-state index contributed by atoms with van der Waals surface area (Å²) in [7, 11) is 0. The number of nitrogens with two attached hydrogens (primary N) is 1. The van der Waals surface area contributed by atoms with E-state index in [1.165, 1.54) is 5.56 Å². The summed E-state index contributed by atoms with van der Waals surface area (Å²) < 4.78 is 0. The molecule has 1 aromatic heterocycles. The van der Waals surface area contributed by atoms with Crippen LogP contribution in [-0.2, 0) is 6.42 Å². The first-order valence-corrected chi connectivity index (χ1v) is 6.59. The summed E-state index contributed by atoms with van der Waals surface area (Å²) in [5.74, 6) is 0.512. The van der Waals surface area contributed by atoms with Crippen LogP contribution in [0.3, 0.4) is 0 Å². The minimum Gasteiger partial charge on any atom is -0.376 e. The average Bonchev–Trinajstić information content (AvgIpc) is 2.48. The summed E-state index contributed by atoms with van der Waals surface area (Å²) in [6.45, 7) is 0.588. The minimum atomic E-state index is 0.219. The van der Waals surface area contributed by atoms with Crippen molar-refractivity contribution in [1.29, 1.82) is 5.26 Å². The Morgan fingerprint density at radius 2 is 2.00 bits per heavy atom. The second kappa shape index (κ2) is 6.64. The molecule has 1 aromatic carbocycles. The van der Waals surface area contributed by atoms with Gasteiger partial charge >= 0.3 is 0 Å². The molecule has 4 nitrogen and oxygen atoms in total. The summed E-state index contributed by atoms with van der Waals surface area (Å²) in [4.78, 5) is 5.91. The predicted octanol–water partition coefficient (Wildman–Crippen LogP) is 2.25. The van der Waals surface area contributed by atoms with Crippen molar-refractivity contribution in [3.05, 3.63) is 59.8 Å². The second-order valence-electron chi connectivity index (χ2n) is 4.21. The van der Waals surface area contributed by atoms with Crippen molar-refractivity contribution in [3.63, 3.8) is 0 Å².